The van der Waals surface area contributed by atoms with Crippen molar-refractivity contribution in [3.63, 3.8) is 0 Å². The fourth-order valence-electron chi connectivity index (χ4n) is 5.89. The number of rotatable bonds is 13. The van der Waals surface area contributed by atoms with Gasteiger partial charge in [0.15, 0.2) is 11.6 Å². The number of carbonyl (C=O) groups is 2. The Kier molecular flexibility index (Phi) is 12.6. The van der Waals surface area contributed by atoms with Crippen molar-refractivity contribution in [1.29, 1.82) is 0 Å². The maximum atomic E-state index is 15.5. The summed E-state index contributed by atoms with van der Waals surface area (Å²) in [6.45, 7) is 6.53. The topological polar surface area (TPSA) is 129 Å². The van der Waals surface area contributed by atoms with Gasteiger partial charge < -0.3 is 30.1 Å². The summed E-state index contributed by atoms with van der Waals surface area (Å²) in [5.41, 5.74) is 3.20. The molecule has 1 atom stereocenters. The molecule has 0 aliphatic carbocycles. The van der Waals surface area contributed by atoms with Crippen LogP contribution in [0.1, 0.15) is 44.7 Å². The number of aliphatic hydroxyl groups excluding tert-OH is 1. The van der Waals surface area contributed by atoms with E-state index in [0.29, 0.717) is 75.4 Å². The summed E-state index contributed by atoms with van der Waals surface area (Å²) < 4.78 is 26.9. The van der Waals surface area contributed by atoms with Crippen molar-refractivity contribution in [3.8, 4) is 28.1 Å². The highest BCUT2D eigenvalue weighted by Crippen LogP contribution is 2.42. The highest BCUT2D eigenvalue weighted by Gasteiger charge is 2.29. The zero-order valence-electron chi connectivity index (χ0n) is 29.8. The summed E-state index contributed by atoms with van der Waals surface area (Å²) in [6, 6.07) is 14.0. The van der Waals surface area contributed by atoms with Gasteiger partial charge in [0.25, 0.3) is 0 Å². The lowest BCUT2D eigenvalue weighted by Crippen LogP contribution is -2.43. The summed E-state index contributed by atoms with van der Waals surface area (Å²) in [5.74, 6) is -0.0359. The Morgan fingerprint density at radius 2 is 1.81 bits per heavy atom. The number of halogens is 3. The minimum atomic E-state index is -0.704. The molecule has 1 aliphatic heterocycles. The van der Waals surface area contributed by atoms with Crippen molar-refractivity contribution in [2.24, 2.45) is 0 Å². The highest BCUT2D eigenvalue weighted by molar-refractivity contribution is 6.39. The van der Waals surface area contributed by atoms with E-state index in [0.717, 1.165) is 5.56 Å². The number of benzene rings is 2. The van der Waals surface area contributed by atoms with E-state index in [1.165, 1.54) is 6.20 Å². The van der Waals surface area contributed by atoms with Crippen molar-refractivity contribution < 1.29 is 28.6 Å². The molecule has 2 amide bonds. The molecular formula is C38H43Cl2FN6O5. The van der Waals surface area contributed by atoms with Gasteiger partial charge in [-0.1, -0.05) is 47.5 Å². The fraction of sp³-hybridized carbons (Fsp3) is 0.368. The van der Waals surface area contributed by atoms with E-state index >= 15 is 4.39 Å². The van der Waals surface area contributed by atoms with Crippen molar-refractivity contribution >= 4 is 46.7 Å². The Morgan fingerprint density at radius 1 is 1.06 bits per heavy atom. The number of aliphatic hydroxyl groups is 1. The third kappa shape index (κ3) is 9.48. The first-order chi connectivity index (χ1) is 24.8. The molecule has 3 heterocycles. The van der Waals surface area contributed by atoms with E-state index in [1.54, 1.807) is 81.3 Å². The van der Waals surface area contributed by atoms with Crippen LogP contribution >= 0.6 is 23.2 Å². The second-order valence-corrected chi connectivity index (χ2v) is 14.4. The van der Waals surface area contributed by atoms with Gasteiger partial charge in [-0.3, -0.25) is 14.7 Å². The monoisotopic (exact) mass is 752 g/mol. The van der Waals surface area contributed by atoms with Crippen LogP contribution < -0.4 is 15.4 Å². The zero-order valence-corrected chi connectivity index (χ0v) is 31.3. The lowest BCUT2D eigenvalue weighted by atomic mass is 10.0. The standard InChI is InChI=1S/C38H43Cl2FN6O5/c1-38(2,3)52-37(50)47(22-26-11-12-31(49)44-26)21-24-10-9-23(19-30(24)51-5)35-33(40)28(14-16-42-35)27-7-6-8-29(32(27)39)45-36-34(41)25(13-15-43-36)20-46(4)17-18-48/h6-10,13-16,19,26,48H,11-12,17-18,20-22H2,1-5H3,(H,43,45)(H,44,49)/t26-/m0/s1. The predicted octanol–water partition coefficient (Wildman–Crippen LogP) is 7.45. The van der Waals surface area contributed by atoms with Crippen molar-refractivity contribution in [1.82, 2.24) is 25.1 Å². The minimum Gasteiger partial charge on any atom is -0.496 e. The van der Waals surface area contributed by atoms with E-state index in [4.69, 9.17) is 32.7 Å². The van der Waals surface area contributed by atoms with Gasteiger partial charge in [-0.25, -0.2) is 14.2 Å². The Balaban J connectivity index is 1.41. The second kappa shape index (κ2) is 16.9. The molecule has 276 valence electrons. The SMILES string of the molecule is COc1cc(-c2nccc(-c3cccc(Nc4nccc(CN(C)CCO)c4F)c3Cl)c2Cl)ccc1CN(C[C@@H]1CCC(=O)N1)C(=O)OC(C)(C)C. The Bertz CT molecular complexity index is 1920. The van der Waals surface area contributed by atoms with Crippen LogP contribution in [0.3, 0.4) is 0 Å². The molecule has 1 fully saturated rings. The van der Waals surface area contributed by atoms with Gasteiger partial charge in [0.1, 0.15) is 11.4 Å². The lowest BCUT2D eigenvalue weighted by Gasteiger charge is -2.29. The molecule has 1 aliphatic rings. The van der Waals surface area contributed by atoms with Crippen molar-refractivity contribution in [2.45, 2.75) is 58.3 Å². The zero-order chi connectivity index (χ0) is 37.6. The van der Waals surface area contributed by atoms with Crippen LogP contribution in [0.25, 0.3) is 22.4 Å². The molecule has 2 aromatic carbocycles. The van der Waals surface area contributed by atoms with Gasteiger partial charge in [-0.2, -0.15) is 0 Å². The second-order valence-electron chi connectivity index (χ2n) is 13.6. The molecule has 1 saturated heterocycles. The molecule has 14 heteroatoms. The molecule has 0 saturated carbocycles. The van der Waals surface area contributed by atoms with Gasteiger partial charge in [-0.05, 0) is 58.5 Å². The molecule has 4 aromatic rings. The van der Waals surface area contributed by atoms with Crippen LogP contribution in [-0.4, -0.2) is 82.4 Å². The molecule has 3 N–H and O–H groups in total. The Morgan fingerprint density at radius 3 is 2.50 bits per heavy atom. The summed E-state index contributed by atoms with van der Waals surface area (Å²) in [7, 11) is 3.34. The number of hydrogen-bond acceptors (Lipinski definition) is 9. The van der Waals surface area contributed by atoms with Gasteiger partial charge in [0, 0.05) is 72.3 Å². The van der Waals surface area contributed by atoms with Crippen LogP contribution in [0.5, 0.6) is 5.75 Å². The smallest absolute Gasteiger partial charge is 0.410 e. The molecule has 0 bridgehead atoms. The third-order valence-corrected chi connectivity index (χ3v) is 9.21. The Hall–Kier alpha value is -4.49. The van der Waals surface area contributed by atoms with E-state index in [-0.39, 0.29) is 37.5 Å². The largest absolute Gasteiger partial charge is 0.496 e. The van der Waals surface area contributed by atoms with Crippen LogP contribution in [0.4, 0.5) is 20.7 Å². The number of ether oxygens (including phenoxy) is 2. The number of methoxy groups -OCH3 is 1. The lowest BCUT2D eigenvalue weighted by molar-refractivity contribution is -0.119. The van der Waals surface area contributed by atoms with Gasteiger partial charge in [-0.15, -0.1) is 0 Å². The van der Waals surface area contributed by atoms with E-state index in [2.05, 4.69) is 20.6 Å². The molecule has 5 rings (SSSR count). The highest BCUT2D eigenvalue weighted by atomic mass is 35.5. The Labute approximate surface area is 313 Å². The molecule has 0 radical (unpaired) electrons. The summed E-state index contributed by atoms with van der Waals surface area (Å²) in [5, 5.41) is 15.8. The molecule has 52 heavy (non-hydrogen) atoms. The normalized spacial score (nSPS) is 14.3. The number of likely N-dealkylation sites (N-methyl/N-ethyl adjacent to an activating group) is 1. The molecule has 0 unspecified atom stereocenters. The van der Waals surface area contributed by atoms with Gasteiger partial charge in [0.2, 0.25) is 5.91 Å². The number of nitrogens with zero attached hydrogens (tertiary/aromatic N) is 4. The van der Waals surface area contributed by atoms with Gasteiger partial charge >= 0.3 is 6.09 Å². The fourth-order valence-corrected chi connectivity index (χ4v) is 6.49. The van der Waals surface area contributed by atoms with Gasteiger partial charge in [0.05, 0.1) is 41.7 Å². The van der Waals surface area contributed by atoms with E-state index in [1.807, 2.05) is 18.2 Å². The van der Waals surface area contributed by atoms with Crippen molar-refractivity contribution in [3.05, 3.63) is 87.9 Å². The summed E-state index contributed by atoms with van der Waals surface area (Å²) >= 11 is 14.0. The van der Waals surface area contributed by atoms with Crippen LogP contribution in [0.2, 0.25) is 10.0 Å². The summed E-state index contributed by atoms with van der Waals surface area (Å²) in [4.78, 5) is 37.3. The first kappa shape index (κ1) is 38.7. The number of anilines is 2. The van der Waals surface area contributed by atoms with Crippen LogP contribution in [0, 0.1) is 5.82 Å². The average molecular weight is 754 g/mol. The van der Waals surface area contributed by atoms with Crippen LogP contribution in [-0.2, 0) is 22.6 Å². The van der Waals surface area contributed by atoms with E-state index in [9.17, 15) is 14.7 Å². The minimum absolute atomic E-state index is 0.0147. The molecule has 11 nitrogen and oxygen atoms in total. The van der Waals surface area contributed by atoms with Crippen LogP contribution in [0.15, 0.2) is 60.9 Å². The maximum Gasteiger partial charge on any atom is 0.410 e. The first-order valence-corrected chi connectivity index (χ1v) is 17.6. The number of amides is 2. The first-order valence-electron chi connectivity index (χ1n) is 16.9. The molecule has 2 aromatic heterocycles. The number of hydrogen-bond donors (Lipinski definition) is 3. The number of carbonyl (C=O) groups excluding carboxylic acids is 2. The molecule has 0 spiro atoms. The number of nitrogens with one attached hydrogen (secondary N) is 2. The van der Waals surface area contributed by atoms with Crippen molar-refractivity contribution in [2.75, 3.05) is 39.2 Å². The number of aromatic nitrogens is 2. The summed E-state index contributed by atoms with van der Waals surface area (Å²) in [6.07, 6.45) is 3.69. The average Bonchev–Trinajstić information content (AvgIpc) is 3.51. The maximum absolute atomic E-state index is 15.5. The molecular weight excluding hydrogens is 710 g/mol. The third-order valence-electron chi connectivity index (χ3n) is 8.42. The van der Waals surface area contributed by atoms with E-state index < -0.39 is 17.5 Å². The quantitative estimate of drug-likeness (QED) is 0.128. The predicted molar refractivity (Wildman–Crippen MR) is 200 cm³/mol. The number of pyridine rings is 2.